The molecule has 17 heavy (non-hydrogen) atoms. The molecule has 3 nitrogen and oxygen atoms in total. The van der Waals surface area contributed by atoms with Gasteiger partial charge < -0.3 is 15.2 Å². The fourth-order valence-corrected chi connectivity index (χ4v) is 2.29. The molecule has 0 aromatic heterocycles. The first-order valence-electron chi connectivity index (χ1n) is 7.21. The minimum atomic E-state index is -0.355. The quantitative estimate of drug-likeness (QED) is 0.643. The summed E-state index contributed by atoms with van der Waals surface area (Å²) in [6, 6.07) is 0.608. The Morgan fingerprint density at radius 1 is 1.29 bits per heavy atom. The molecule has 0 saturated heterocycles. The molecule has 0 aromatic rings. The number of hydrogen-bond acceptors (Lipinski definition) is 3. The number of aliphatic hydroxyl groups excluding tert-OH is 1. The number of unbranched alkanes of at least 4 members (excludes halogenated alkanes) is 1. The van der Waals surface area contributed by atoms with Crippen molar-refractivity contribution in [2.45, 2.75) is 64.5 Å². The van der Waals surface area contributed by atoms with Crippen LogP contribution in [0.1, 0.15) is 52.4 Å². The predicted molar refractivity (Wildman–Crippen MR) is 71.2 cm³/mol. The molecule has 1 rings (SSSR count). The summed E-state index contributed by atoms with van der Waals surface area (Å²) in [5, 5.41) is 13.2. The molecule has 102 valence electrons. The van der Waals surface area contributed by atoms with E-state index in [-0.39, 0.29) is 6.10 Å². The summed E-state index contributed by atoms with van der Waals surface area (Å²) in [6.45, 7) is 6.38. The maximum Gasteiger partial charge on any atom is 0.0897 e. The van der Waals surface area contributed by atoms with Gasteiger partial charge >= 0.3 is 0 Å². The fraction of sp³-hybridized carbons (Fsp3) is 1.00. The van der Waals surface area contributed by atoms with Gasteiger partial charge in [0.2, 0.25) is 0 Å². The number of rotatable bonds is 8. The molecule has 3 heteroatoms. The van der Waals surface area contributed by atoms with Crippen LogP contribution in [-0.2, 0) is 4.74 Å². The van der Waals surface area contributed by atoms with E-state index in [1.54, 1.807) is 0 Å². The minimum Gasteiger partial charge on any atom is -0.389 e. The molecule has 1 aliphatic rings. The molecule has 1 unspecified atom stereocenters. The van der Waals surface area contributed by atoms with E-state index in [2.05, 4.69) is 19.2 Å². The van der Waals surface area contributed by atoms with Crippen molar-refractivity contribution in [3.63, 3.8) is 0 Å². The van der Waals surface area contributed by atoms with Crippen LogP contribution in [0.3, 0.4) is 0 Å². The fourth-order valence-electron chi connectivity index (χ4n) is 2.29. The van der Waals surface area contributed by atoms with Gasteiger partial charge in [0.15, 0.2) is 0 Å². The van der Waals surface area contributed by atoms with Gasteiger partial charge in [0.05, 0.1) is 12.7 Å². The Balaban J connectivity index is 1.97. The van der Waals surface area contributed by atoms with Gasteiger partial charge in [-0.15, -0.1) is 0 Å². The zero-order valence-electron chi connectivity index (χ0n) is 11.5. The van der Waals surface area contributed by atoms with Crippen molar-refractivity contribution < 1.29 is 9.84 Å². The van der Waals surface area contributed by atoms with Gasteiger partial charge in [-0.2, -0.15) is 0 Å². The van der Waals surface area contributed by atoms with Gasteiger partial charge in [-0.1, -0.05) is 20.3 Å². The first kappa shape index (κ1) is 14.9. The van der Waals surface area contributed by atoms with E-state index < -0.39 is 0 Å². The lowest BCUT2D eigenvalue weighted by molar-refractivity contribution is 0.0337. The molecular formula is C14H29NO2. The van der Waals surface area contributed by atoms with Gasteiger partial charge in [-0.25, -0.2) is 0 Å². The van der Waals surface area contributed by atoms with Crippen LogP contribution in [-0.4, -0.2) is 37.0 Å². The third-order valence-corrected chi connectivity index (χ3v) is 3.61. The van der Waals surface area contributed by atoms with E-state index in [1.165, 1.54) is 25.7 Å². The SMILES string of the molecule is CCCCOCC(O)CNC1CCC(C)CC1. The van der Waals surface area contributed by atoms with Gasteiger partial charge in [0.25, 0.3) is 0 Å². The molecular weight excluding hydrogens is 214 g/mol. The van der Waals surface area contributed by atoms with Crippen LogP contribution >= 0.6 is 0 Å². The average molecular weight is 243 g/mol. The van der Waals surface area contributed by atoms with Crippen LogP contribution in [0.15, 0.2) is 0 Å². The lowest BCUT2D eigenvalue weighted by atomic mass is 9.87. The van der Waals surface area contributed by atoms with Crippen LogP contribution in [0.5, 0.6) is 0 Å². The number of hydrogen-bond donors (Lipinski definition) is 2. The molecule has 0 aromatic carbocycles. The second-order valence-corrected chi connectivity index (χ2v) is 5.45. The summed E-state index contributed by atoms with van der Waals surface area (Å²) in [7, 11) is 0. The maximum absolute atomic E-state index is 9.74. The van der Waals surface area contributed by atoms with E-state index in [0.29, 0.717) is 19.2 Å². The van der Waals surface area contributed by atoms with E-state index in [0.717, 1.165) is 25.4 Å². The molecule has 1 fully saturated rings. The first-order valence-corrected chi connectivity index (χ1v) is 7.21. The second kappa shape index (κ2) is 8.90. The van der Waals surface area contributed by atoms with Crippen LogP contribution in [0.4, 0.5) is 0 Å². The van der Waals surface area contributed by atoms with Gasteiger partial charge in [0, 0.05) is 19.2 Å². The summed E-state index contributed by atoms with van der Waals surface area (Å²) in [4.78, 5) is 0. The Morgan fingerprint density at radius 2 is 2.00 bits per heavy atom. The van der Waals surface area contributed by atoms with Crippen molar-refractivity contribution in [3.8, 4) is 0 Å². The lowest BCUT2D eigenvalue weighted by Crippen LogP contribution is -2.39. The van der Waals surface area contributed by atoms with Crippen LogP contribution in [0.2, 0.25) is 0 Å². The molecule has 0 aliphatic heterocycles. The van der Waals surface area contributed by atoms with Crippen molar-refractivity contribution in [1.82, 2.24) is 5.32 Å². The zero-order valence-corrected chi connectivity index (χ0v) is 11.5. The predicted octanol–water partition coefficient (Wildman–Crippen LogP) is 2.33. The molecule has 1 aliphatic carbocycles. The highest BCUT2D eigenvalue weighted by molar-refractivity contribution is 4.76. The Kier molecular flexibility index (Phi) is 7.82. The molecule has 0 heterocycles. The summed E-state index contributed by atoms with van der Waals surface area (Å²) in [5.41, 5.74) is 0. The van der Waals surface area contributed by atoms with E-state index in [1.807, 2.05) is 0 Å². The van der Waals surface area contributed by atoms with Crippen molar-refractivity contribution in [1.29, 1.82) is 0 Å². The Bertz CT molecular complexity index is 179. The third-order valence-electron chi connectivity index (χ3n) is 3.61. The maximum atomic E-state index is 9.74. The molecule has 0 amide bonds. The summed E-state index contributed by atoms with van der Waals surface area (Å²) >= 11 is 0. The Morgan fingerprint density at radius 3 is 2.65 bits per heavy atom. The largest absolute Gasteiger partial charge is 0.389 e. The Labute approximate surface area is 106 Å². The molecule has 0 spiro atoms. The minimum absolute atomic E-state index is 0.355. The van der Waals surface area contributed by atoms with E-state index in [4.69, 9.17) is 4.74 Å². The molecule has 2 N–H and O–H groups in total. The van der Waals surface area contributed by atoms with Crippen molar-refractivity contribution in [2.75, 3.05) is 19.8 Å². The van der Waals surface area contributed by atoms with Crippen molar-refractivity contribution in [3.05, 3.63) is 0 Å². The average Bonchev–Trinajstić information content (AvgIpc) is 2.34. The summed E-state index contributed by atoms with van der Waals surface area (Å²) in [6.07, 6.45) is 7.03. The normalized spacial score (nSPS) is 27.0. The number of ether oxygens (including phenoxy) is 1. The number of nitrogens with one attached hydrogen (secondary N) is 1. The second-order valence-electron chi connectivity index (χ2n) is 5.45. The first-order chi connectivity index (χ1) is 8.22. The number of aliphatic hydroxyl groups is 1. The zero-order chi connectivity index (χ0) is 12.5. The lowest BCUT2D eigenvalue weighted by Gasteiger charge is -2.27. The molecule has 1 saturated carbocycles. The smallest absolute Gasteiger partial charge is 0.0897 e. The van der Waals surface area contributed by atoms with Crippen molar-refractivity contribution in [2.24, 2.45) is 5.92 Å². The highest BCUT2D eigenvalue weighted by atomic mass is 16.5. The highest BCUT2D eigenvalue weighted by Gasteiger charge is 2.18. The summed E-state index contributed by atoms with van der Waals surface area (Å²) in [5.74, 6) is 0.885. The van der Waals surface area contributed by atoms with Crippen LogP contribution < -0.4 is 5.32 Å². The van der Waals surface area contributed by atoms with E-state index >= 15 is 0 Å². The van der Waals surface area contributed by atoms with Gasteiger partial charge in [-0.05, 0) is 38.0 Å². The Hall–Kier alpha value is -0.120. The monoisotopic (exact) mass is 243 g/mol. The highest BCUT2D eigenvalue weighted by Crippen LogP contribution is 2.23. The van der Waals surface area contributed by atoms with Gasteiger partial charge in [0.1, 0.15) is 0 Å². The topological polar surface area (TPSA) is 41.5 Å². The standard InChI is InChI=1S/C14H29NO2/c1-3-4-9-17-11-14(16)10-15-13-7-5-12(2)6-8-13/h12-16H,3-11H2,1-2H3. The summed E-state index contributed by atoms with van der Waals surface area (Å²) < 4.78 is 5.40. The van der Waals surface area contributed by atoms with Crippen LogP contribution in [0.25, 0.3) is 0 Å². The molecule has 0 bridgehead atoms. The van der Waals surface area contributed by atoms with Crippen LogP contribution in [0, 0.1) is 5.92 Å². The van der Waals surface area contributed by atoms with E-state index in [9.17, 15) is 5.11 Å². The molecule has 1 atom stereocenters. The van der Waals surface area contributed by atoms with Crippen molar-refractivity contribution >= 4 is 0 Å². The molecule has 0 radical (unpaired) electrons. The van der Waals surface area contributed by atoms with Gasteiger partial charge in [-0.3, -0.25) is 0 Å². The third kappa shape index (κ3) is 7.02.